The van der Waals surface area contributed by atoms with Crippen LogP contribution in [0.2, 0.25) is 0 Å². The van der Waals surface area contributed by atoms with E-state index < -0.39 is 38.1 Å². The molecule has 1 amide bonds. The van der Waals surface area contributed by atoms with Gasteiger partial charge in [-0.15, -0.1) is 0 Å². The van der Waals surface area contributed by atoms with Crippen LogP contribution in [0, 0.1) is 5.92 Å². The third kappa shape index (κ3) is 6.53. The lowest BCUT2D eigenvalue weighted by molar-refractivity contribution is 0.0387. The number of benzene rings is 2. The summed E-state index contributed by atoms with van der Waals surface area (Å²) in [6.45, 7) is 3.32. The molecule has 1 aromatic heterocycles. The fraction of sp³-hybridized carbons (Fsp3) is 0.407. The number of aromatic nitrogens is 2. The molecule has 0 unspecified atom stereocenters. The Hall–Kier alpha value is -3.66. The first-order valence-electron chi connectivity index (χ1n) is 13.1. The number of aliphatic hydroxyl groups excluding tert-OH is 1. The average Bonchev–Trinajstić information content (AvgIpc) is 3.41. The number of likely N-dealkylation sites (N-methyl/N-ethyl adjacent to an activating group) is 1. The molecule has 0 saturated heterocycles. The van der Waals surface area contributed by atoms with E-state index in [9.17, 15) is 26.7 Å². The lowest BCUT2D eigenvalue weighted by Crippen LogP contribution is -2.50. The number of fused-ring (bicyclic) bond motifs is 1. The highest BCUT2D eigenvalue weighted by molar-refractivity contribution is 7.92. The largest absolute Gasteiger partial charge is 0.497 e. The smallest absolute Gasteiger partial charge is 0.261 e. The molecule has 0 radical (unpaired) electrons. The highest BCUT2D eigenvalue weighted by atomic mass is 32.2. The van der Waals surface area contributed by atoms with Gasteiger partial charge in [0, 0.05) is 38.4 Å². The second-order valence-electron chi connectivity index (χ2n) is 10.3. The van der Waals surface area contributed by atoms with Crippen molar-refractivity contribution < 1.29 is 36.2 Å². The Morgan fingerprint density at radius 1 is 1.19 bits per heavy atom. The van der Waals surface area contributed by atoms with Crippen molar-refractivity contribution in [3.8, 4) is 11.5 Å². The first-order chi connectivity index (χ1) is 19.8. The van der Waals surface area contributed by atoms with Gasteiger partial charge in [0.15, 0.2) is 5.03 Å². The minimum atomic E-state index is -4.00. The second-order valence-corrected chi connectivity index (χ2v) is 14.0. The number of carbonyl (C=O) groups is 1. The van der Waals surface area contributed by atoms with Crippen LogP contribution in [0.1, 0.15) is 24.2 Å². The molecule has 15 heteroatoms. The van der Waals surface area contributed by atoms with Gasteiger partial charge in [0.05, 0.1) is 43.1 Å². The quantitative estimate of drug-likeness (QED) is 0.344. The number of rotatable bonds is 10. The zero-order valence-electron chi connectivity index (χ0n) is 24.0. The number of aryl methyl sites for hydroxylation is 1. The van der Waals surface area contributed by atoms with Crippen LogP contribution in [0.4, 0.5) is 5.69 Å². The van der Waals surface area contributed by atoms with Gasteiger partial charge in [-0.25, -0.2) is 21.8 Å². The number of hydrogen-bond acceptors (Lipinski definition) is 9. The predicted molar refractivity (Wildman–Crippen MR) is 154 cm³/mol. The van der Waals surface area contributed by atoms with Crippen LogP contribution in [0.15, 0.2) is 64.9 Å². The molecule has 0 bridgehead atoms. The molecule has 3 atom stereocenters. The highest BCUT2D eigenvalue weighted by Gasteiger charge is 2.36. The minimum Gasteiger partial charge on any atom is -0.497 e. The third-order valence-corrected chi connectivity index (χ3v) is 10.2. The summed E-state index contributed by atoms with van der Waals surface area (Å²) >= 11 is 0. The molecule has 2 aromatic carbocycles. The summed E-state index contributed by atoms with van der Waals surface area (Å²) in [4.78, 5) is 19.1. The van der Waals surface area contributed by atoms with Gasteiger partial charge in [0.1, 0.15) is 17.6 Å². The van der Waals surface area contributed by atoms with Crippen molar-refractivity contribution in [1.82, 2.24) is 18.8 Å². The number of ether oxygens (including phenoxy) is 2. The van der Waals surface area contributed by atoms with Crippen molar-refractivity contribution in [3.63, 3.8) is 0 Å². The molecule has 0 spiro atoms. The topological polar surface area (TPSA) is 160 Å². The van der Waals surface area contributed by atoms with Crippen LogP contribution in [-0.2, 0) is 27.1 Å². The van der Waals surface area contributed by atoms with Crippen LogP contribution >= 0.6 is 0 Å². The number of amides is 1. The molecule has 4 rings (SSSR count). The van der Waals surface area contributed by atoms with Crippen LogP contribution in [0.3, 0.4) is 0 Å². The standard InChI is InChI=1S/C27H35N5O8S2/c1-18-13-32(19(2)16-33)27(34)23-12-20(29-41(35,36)22-9-7-21(39-5)8-10-22)6-11-24(23)40-25(18)14-31(4)42(37,38)26-15-30(3)17-28-26/h6-12,15,17-19,25,29,33H,13-14,16H2,1-5H3/t18-,19-,25-/m0/s1. The van der Waals surface area contributed by atoms with Crippen LogP contribution in [0.25, 0.3) is 0 Å². The van der Waals surface area contributed by atoms with Crippen LogP contribution < -0.4 is 14.2 Å². The van der Waals surface area contributed by atoms with Crippen molar-refractivity contribution in [3.05, 3.63) is 60.6 Å². The van der Waals surface area contributed by atoms with Gasteiger partial charge in [-0.2, -0.15) is 4.31 Å². The lowest BCUT2D eigenvalue weighted by Gasteiger charge is -2.38. The maximum Gasteiger partial charge on any atom is 0.261 e. The number of imidazole rings is 1. The second kappa shape index (κ2) is 12.3. The van der Waals surface area contributed by atoms with Gasteiger partial charge >= 0.3 is 0 Å². The molecule has 0 aliphatic carbocycles. The van der Waals surface area contributed by atoms with E-state index in [1.807, 2.05) is 6.92 Å². The predicted octanol–water partition coefficient (Wildman–Crippen LogP) is 1.77. The maximum atomic E-state index is 13.7. The van der Waals surface area contributed by atoms with Crippen molar-refractivity contribution in [1.29, 1.82) is 0 Å². The monoisotopic (exact) mass is 621 g/mol. The van der Waals surface area contributed by atoms with Crippen molar-refractivity contribution in [2.75, 3.05) is 38.6 Å². The first kappa shape index (κ1) is 31.3. The van der Waals surface area contributed by atoms with E-state index in [-0.39, 0.29) is 52.5 Å². The summed E-state index contributed by atoms with van der Waals surface area (Å²) in [6, 6.07) is 9.58. The van der Waals surface area contributed by atoms with E-state index in [2.05, 4.69) is 9.71 Å². The minimum absolute atomic E-state index is 0.000750. The number of anilines is 1. The zero-order valence-corrected chi connectivity index (χ0v) is 25.6. The summed E-state index contributed by atoms with van der Waals surface area (Å²) < 4.78 is 68.9. The fourth-order valence-corrected chi connectivity index (χ4v) is 6.70. The van der Waals surface area contributed by atoms with Gasteiger partial charge < -0.3 is 24.0 Å². The molecular formula is C27H35N5O8S2. The zero-order chi connectivity index (χ0) is 30.8. The Kier molecular flexibility index (Phi) is 9.15. The summed E-state index contributed by atoms with van der Waals surface area (Å²) in [5.41, 5.74) is 0.190. The van der Waals surface area contributed by atoms with Crippen molar-refractivity contribution in [2.45, 2.75) is 35.9 Å². The Bertz CT molecular complexity index is 1640. The molecule has 0 saturated carbocycles. The highest BCUT2D eigenvalue weighted by Crippen LogP contribution is 2.32. The van der Waals surface area contributed by atoms with Gasteiger partial charge in [0.25, 0.3) is 26.0 Å². The molecule has 13 nitrogen and oxygen atoms in total. The summed E-state index contributed by atoms with van der Waals surface area (Å²) in [7, 11) is -3.36. The summed E-state index contributed by atoms with van der Waals surface area (Å²) in [5, 5.41) is 9.79. The first-order valence-corrected chi connectivity index (χ1v) is 16.0. The summed E-state index contributed by atoms with van der Waals surface area (Å²) in [5.74, 6) is -0.150. The number of hydrogen-bond donors (Lipinski definition) is 2. The molecule has 228 valence electrons. The Balaban J connectivity index is 1.67. The number of aliphatic hydroxyl groups is 1. The van der Waals surface area contributed by atoms with E-state index in [4.69, 9.17) is 9.47 Å². The molecule has 42 heavy (non-hydrogen) atoms. The van der Waals surface area contributed by atoms with Crippen molar-refractivity contribution in [2.24, 2.45) is 13.0 Å². The van der Waals surface area contributed by atoms with E-state index in [0.29, 0.717) is 5.75 Å². The normalized spacial score (nSPS) is 18.5. The average molecular weight is 622 g/mol. The lowest BCUT2D eigenvalue weighted by atomic mass is 9.99. The van der Waals surface area contributed by atoms with Gasteiger partial charge in [-0.05, 0) is 49.4 Å². The third-order valence-electron chi connectivity index (χ3n) is 7.08. The SMILES string of the molecule is COc1ccc(S(=O)(=O)Nc2ccc3c(c2)C(=O)N([C@@H](C)CO)C[C@H](C)[C@H](CN(C)S(=O)(=O)c2cn(C)cn2)O3)cc1. The van der Waals surface area contributed by atoms with E-state index in [1.165, 1.54) is 78.6 Å². The number of methoxy groups -OCH3 is 1. The number of nitrogens with one attached hydrogen (secondary N) is 1. The molecule has 2 N–H and O–H groups in total. The Labute approximate surface area is 245 Å². The van der Waals surface area contributed by atoms with E-state index in [0.717, 1.165) is 4.31 Å². The van der Waals surface area contributed by atoms with Crippen molar-refractivity contribution >= 4 is 31.6 Å². The van der Waals surface area contributed by atoms with E-state index in [1.54, 1.807) is 14.0 Å². The van der Waals surface area contributed by atoms with Gasteiger partial charge in [-0.3, -0.25) is 9.52 Å². The summed E-state index contributed by atoms with van der Waals surface area (Å²) in [6.07, 6.45) is 2.10. The molecule has 1 aliphatic rings. The van der Waals surface area contributed by atoms with Crippen LogP contribution in [0.5, 0.6) is 11.5 Å². The molecule has 2 heterocycles. The molecule has 3 aromatic rings. The Morgan fingerprint density at radius 3 is 2.48 bits per heavy atom. The number of nitrogens with zero attached hydrogens (tertiary/aromatic N) is 4. The maximum absolute atomic E-state index is 13.7. The molecular weight excluding hydrogens is 586 g/mol. The molecule has 0 fully saturated rings. The Morgan fingerprint density at radius 2 is 1.88 bits per heavy atom. The van der Waals surface area contributed by atoms with E-state index >= 15 is 0 Å². The van der Waals surface area contributed by atoms with Gasteiger partial charge in [0.2, 0.25) is 0 Å². The van der Waals surface area contributed by atoms with Crippen LogP contribution in [-0.4, -0.2) is 92.6 Å². The number of carbonyl (C=O) groups excluding carboxylic acids is 1. The van der Waals surface area contributed by atoms with Gasteiger partial charge in [-0.1, -0.05) is 6.92 Å². The number of sulfonamides is 2. The fourth-order valence-electron chi connectivity index (χ4n) is 4.51. The molecule has 1 aliphatic heterocycles.